The highest BCUT2D eigenvalue weighted by atomic mass is 16.4. The van der Waals surface area contributed by atoms with Crippen LogP contribution in [0.3, 0.4) is 0 Å². The molecule has 0 aliphatic carbocycles. The van der Waals surface area contributed by atoms with Gasteiger partial charge in [-0.1, -0.05) is 12.1 Å². The van der Waals surface area contributed by atoms with Gasteiger partial charge in [0.2, 0.25) is 5.91 Å². The first-order valence-corrected chi connectivity index (χ1v) is 7.43. The van der Waals surface area contributed by atoms with E-state index in [1.165, 1.54) is 11.8 Å². The Bertz CT molecular complexity index is 614. The Kier molecular flexibility index (Phi) is 4.88. The van der Waals surface area contributed by atoms with Gasteiger partial charge in [-0.3, -0.25) is 9.59 Å². The number of nitrogens with one attached hydrogen (secondary N) is 2. The Morgan fingerprint density at radius 1 is 1.26 bits per heavy atom. The molecule has 1 aliphatic heterocycles. The van der Waals surface area contributed by atoms with Crippen molar-refractivity contribution in [2.45, 2.75) is 26.8 Å². The molecule has 7 nitrogen and oxygen atoms in total. The van der Waals surface area contributed by atoms with Crippen molar-refractivity contribution in [1.29, 1.82) is 0 Å². The Labute approximate surface area is 134 Å². The highest BCUT2D eigenvalue weighted by molar-refractivity contribution is 5.88. The summed E-state index contributed by atoms with van der Waals surface area (Å²) in [5.41, 5.74) is 0.731. The van der Waals surface area contributed by atoms with Crippen molar-refractivity contribution in [2.24, 2.45) is 5.41 Å². The Hall–Kier alpha value is -2.57. The molecule has 0 spiro atoms. The van der Waals surface area contributed by atoms with Crippen LogP contribution < -0.4 is 10.6 Å². The minimum Gasteiger partial charge on any atom is -0.481 e. The molecule has 1 saturated heterocycles. The van der Waals surface area contributed by atoms with Crippen LogP contribution in [0.1, 0.15) is 25.8 Å². The highest BCUT2D eigenvalue weighted by Crippen LogP contribution is 2.29. The van der Waals surface area contributed by atoms with Crippen LogP contribution in [0.15, 0.2) is 24.3 Å². The van der Waals surface area contributed by atoms with Crippen molar-refractivity contribution in [1.82, 2.24) is 10.2 Å². The van der Waals surface area contributed by atoms with E-state index in [2.05, 4.69) is 10.6 Å². The lowest BCUT2D eigenvalue weighted by atomic mass is 9.90. The number of carbonyl (C=O) groups excluding carboxylic acids is 2. The quantitative estimate of drug-likeness (QED) is 0.786. The second-order valence-corrected chi connectivity index (χ2v) is 6.07. The van der Waals surface area contributed by atoms with Crippen LogP contribution >= 0.6 is 0 Å². The summed E-state index contributed by atoms with van der Waals surface area (Å²) in [7, 11) is 0. The Balaban J connectivity index is 1.85. The predicted octanol–water partition coefficient (Wildman–Crippen LogP) is 1.65. The lowest BCUT2D eigenvalue weighted by Crippen LogP contribution is -2.40. The zero-order valence-electron chi connectivity index (χ0n) is 13.3. The van der Waals surface area contributed by atoms with E-state index >= 15 is 0 Å². The SMILES string of the molecule is CC(=O)Nc1ccc(CNC(=O)N2CCC(C)(C(=O)O)C2)cc1. The van der Waals surface area contributed by atoms with Crippen molar-refractivity contribution in [3.05, 3.63) is 29.8 Å². The number of carbonyl (C=O) groups is 3. The van der Waals surface area contributed by atoms with Crippen LogP contribution in [0.2, 0.25) is 0 Å². The summed E-state index contributed by atoms with van der Waals surface area (Å²) < 4.78 is 0. The van der Waals surface area contributed by atoms with Gasteiger partial charge in [-0.05, 0) is 31.0 Å². The molecule has 2 rings (SSSR count). The summed E-state index contributed by atoms with van der Waals surface area (Å²) in [4.78, 5) is 35.8. The molecule has 1 aromatic carbocycles. The number of hydrogen-bond donors (Lipinski definition) is 3. The fraction of sp³-hybridized carbons (Fsp3) is 0.438. The van der Waals surface area contributed by atoms with E-state index in [4.69, 9.17) is 0 Å². The lowest BCUT2D eigenvalue weighted by Gasteiger charge is -2.20. The van der Waals surface area contributed by atoms with E-state index in [0.29, 0.717) is 25.2 Å². The van der Waals surface area contributed by atoms with Gasteiger partial charge in [0.05, 0.1) is 5.41 Å². The summed E-state index contributed by atoms with van der Waals surface area (Å²) in [6.45, 7) is 4.10. The minimum absolute atomic E-state index is 0.137. The number of anilines is 1. The molecule has 1 aliphatic rings. The summed E-state index contributed by atoms with van der Waals surface area (Å²) in [5, 5.41) is 14.6. The number of nitrogens with zero attached hydrogens (tertiary/aromatic N) is 1. The molecular weight excluding hydrogens is 298 g/mol. The number of benzene rings is 1. The van der Waals surface area contributed by atoms with E-state index in [-0.39, 0.29) is 18.5 Å². The predicted molar refractivity (Wildman–Crippen MR) is 84.9 cm³/mol. The van der Waals surface area contributed by atoms with Crippen molar-refractivity contribution in [2.75, 3.05) is 18.4 Å². The number of hydrogen-bond acceptors (Lipinski definition) is 3. The number of carboxylic acid groups (broad SMARTS) is 1. The number of urea groups is 1. The second-order valence-electron chi connectivity index (χ2n) is 6.07. The first-order valence-electron chi connectivity index (χ1n) is 7.43. The molecule has 1 atom stereocenters. The average molecular weight is 319 g/mol. The molecule has 0 aromatic heterocycles. The number of rotatable bonds is 4. The van der Waals surface area contributed by atoms with E-state index in [9.17, 15) is 19.5 Å². The second kappa shape index (κ2) is 6.68. The molecule has 1 aromatic rings. The van der Waals surface area contributed by atoms with E-state index in [1.54, 1.807) is 19.1 Å². The van der Waals surface area contributed by atoms with Crippen LogP contribution in [-0.4, -0.2) is 41.0 Å². The van der Waals surface area contributed by atoms with Crippen LogP contribution in [0.25, 0.3) is 0 Å². The smallest absolute Gasteiger partial charge is 0.317 e. The number of likely N-dealkylation sites (tertiary alicyclic amines) is 1. The number of carboxylic acids is 1. The Morgan fingerprint density at radius 3 is 2.43 bits per heavy atom. The van der Waals surface area contributed by atoms with Gasteiger partial charge in [-0.2, -0.15) is 0 Å². The standard InChI is InChI=1S/C16H21N3O4/c1-11(20)18-13-5-3-12(4-6-13)9-17-15(23)19-8-7-16(2,10-19)14(21)22/h3-6H,7-10H2,1-2H3,(H,17,23)(H,18,20)(H,21,22). The summed E-state index contributed by atoms with van der Waals surface area (Å²) in [6.07, 6.45) is 0.459. The number of aliphatic carboxylic acids is 1. The van der Waals surface area contributed by atoms with Crippen molar-refractivity contribution in [3.63, 3.8) is 0 Å². The van der Waals surface area contributed by atoms with E-state index < -0.39 is 11.4 Å². The summed E-state index contributed by atoms with van der Waals surface area (Å²) in [6, 6.07) is 6.90. The molecule has 3 N–H and O–H groups in total. The zero-order valence-corrected chi connectivity index (χ0v) is 13.3. The minimum atomic E-state index is -0.874. The largest absolute Gasteiger partial charge is 0.481 e. The van der Waals surface area contributed by atoms with Gasteiger partial charge >= 0.3 is 12.0 Å². The molecule has 0 radical (unpaired) electrons. The monoisotopic (exact) mass is 319 g/mol. The van der Waals surface area contributed by atoms with Crippen molar-refractivity contribution >= 4 is 23.6 Å². The molecular formula is C16H21N3O4. The molecule has 3 amide bonds. The third-order valence-electron chi connectivity index (χ3n) is 3.99. The third-order valence-corrected chi connectivity index (χ3v) is 3.99. The maximum atomic E-state index is 12.1. The first-order chi connectivity index (χ1) is 10.8. The lowest BCUT2D eigenvalue weighted by molar-refractivity contribution is -0.147. The zero-order chi connectivity index (χ0) is 17.0. The molecule has 124 valence electrons. The summed E-state index contributed by atoms with van der Waals surface area (Å²) in [5.74, 6) is -1.01. The highest BCUT2D eigenvalue weighted by Gasteiger charge is 2.42. The number of amides is 3. The van der Waals surface area contributed by atoms with Crippen LogP contribution in [0.4, 0.5) is 10.5 Å². The molecule has 0 saturated carbocycles. The molecule has 1 heterocycles. The van der Waals surface area contributed by atoms with Crippen LogP contribution in [0, 0.1) is 5.41 Å². The normalized spacial score (nSPS) is 20.2. The molecule has 1 unspecified atom stereocenters. The maximum absolute atomic E-state index is 12.1. The Morgan fingerprint density at radius 2 is 1.91 bits per heavy atom. The molecule has 7 heteroatoms. The topological polar surface area (TPSA) is 98.7 Å². The van der Waals surface area contributed by atoms with Gasteiger partial charge in [-0.15, -0.1) is 0 Å². The van der Waals surface area contributed by atoms with E-state index in [0.717, 1.165) is 5.56 Å². The first kappa shape index (κ1) is 16.8. The van der Waals surface area contributed by atoms with Gasteiger partial charge in [0.1, 0.15) is 0 Å². The van der Waals surface area contributed by atoms with E-state index in [1.807, 2.05) is 12.1 Å². The molecule has 1 fully saturated rings. The molecule has 0 bridgehead atoms. The fourth-order valence-corrected chi connectivity index (χ4v) is 2.51. The van der Waals surface area contributed by atoms with Gasteiger partial charge in [0, 0.05) is 32.2 Å². The van der Waals surface area contributed by atoms with Crippen molar-refractivity contribution < 1.29 is 19.5 Å². The van der Waals surface area contributed by atoms with Crippen molar-refractivity contribution in [3.8, 4) is 0 Å². The van der Waals surface area contributed by atoms with Gasteiger partial charge in [0.25, 0.3) is 0 Å². The summed E-state index contributed by atoms with van der Waals surface area (Å²) >= 11 is 0. The fourth-order valence-electron chi connectivity index (χ4n) is 2.51. The van der Waals surface area contributed by atoms with Gasteiger partial charge in [0.15, 0.2) is 0 Å². The third kappa shape index (κ3) is 4.21. The van der Waals surface area contributed by atoms with Gasteiger partial charge in [-0.25, -0.2) is 4.79 Å². The average Bonchev–Trinajstić information content (AvgIpc) is 2.90. The van der Waals surface area contributed by atoms with Gasteiger partial charge < -0.3 is 20.6 Å². The van der Waals surface area contributed by atoms with Crippen LogP contribution in [-0.2, 0) is 16.1 Å². The molecule has 23 heavy (non-hydrogen) atoms. The maximum Gasteiger partial charge on any atom is 0.317 e. The van der Waals surface area contributed by atoms with Crippen LogP contribution in [0.5, 0.6) is 0 Å².